The number of hydrogen-bond acceptors (Lipinski definition) is 4. The fourth-order valence-corrected chi connectivity index (χ4v) is 2.38. The Morgan fingerprint density at radius 3 is 3.00 bits per heavy atom. The molecule has 0 saturated carbocycles. The smallest absolute Gasteiger partial charge is 0.219 e. The third-order valence-electron chi connectivity index (χ3n) is 3.41. The summed E-state index contributed by atoms with van der Waals surface area (Å²) < 4.78 is 0. The zero-order chi connectivity index (χ0) is 13.7. The summed E-state index contributed by atoms with van der Waals surface area (Å²) in [5.74, 6) is 0.0721. The molecular weight excluding hydrogens is 242 g/mol. The van der Waals surface area contributed by atoms with Crippen molar-refractivity contribution in [2.24, 2.45) is 5.16 Å². The number of carbonyl (C=O) groups excluding carboxylic acids is 1. The lowest BCUT2D eigenvalue weighted by molar-refractivity contribution is -0.120. The van der Waals surface area contributed by atoms with Gasteiger partial charge < -0.3 is 15.4 Å². The fourth-order valence-electron chi connectivity index (χ4n) is 2.38. The molecule has 0 atom stereocenters. The highest BCUT2D eigenvalue weighted by Crippen LogP contribution is 2.27. The summed E-state index contributed by atoms with van der Waals surface area (Å²) in [6.45, 7) is 1.66. The fraction of sp³-hybridized carbons (Fsp3) is 0.429. The number of benzene rings is 1. The minimum atomic E-state index is 0.0721. The van der Waals surface area contributed by atoms with Gasteiger partial charge in [-0.25, -0.2) is 0 Å². The Hall–Kier alpha value is -2.04. The van der Waals surface area contributed by atoms with E-state index in [9.17, 15) is 4.79 Å². The SMILES string of the molecule is CNC(=O)CCCN1CCC(=NO)c2ccccc21. The third kappa shape index (κ3) is 3.05. The summed E-state index contributed by atoms with van der Waals surface area (Å²) in [4.78, 5) is 13.5. The zero-order valence-electron chi connectivity index (χ0n) is 11.1. The second-order valence-electron chi connectivity index (χ2n) is 4.58. The summed E-state index contributed by atoms with van der Waals surface area (Å²) in [6, 6.07) is 7.91. The number of carbonyl (C=O) groups is 1. The Morgan fingerprint density at radius 2 is 2.26 bits per heavy atom. The number of nitrogens with one attached hydrogen (secondary N) is 1. The highest BCUT2D eigenvalue weighted by atomic mass is 16.4. The first-order chi connectivity index (χ1) is 9.26. The van der Waals surface area contributed by atoms with E-state index in [0.29, 0.717) is 6.42 Å². The molecule has 5 nitrogen and oxygen atoms in total. The van der Waals surface area contributed by atoms with Crippen LogP contribution in [0.5, 0.6) is 0 Å². The van der Waals surface area contributed by atoms with Gasteiger partial charge in [0.1, 0.15) is 0 Å². The number of para-hydroxylation sites is 1. The lowest BCUT2D eigenvalue weighted by atomic mass is 9.99. The lowest BCUT2D eigenvalue weighted by Crippen LogP contribution is -2.33. The first-order valence-corrected chi connectivity index (χ1v) is 6.52. The van der Waals surface area contributed by atoms with E-state index >= 15 is 0 Å². The molecule has 0 fully saturated rings. The van der Waals surface area contributed by atoms with E-state index in [0.717, 1.165) is 42.9 Å². The van der Waals surface area contributed by atoms with Gasteiger partial charge in [0.15, 0.2) is 0 Å². The predicted molar refractivity (Wildman–Crippen MR) is 74.9 cm³/mol. The van der Waals surface area contributed by atoms with Crippen molar-refractivity contribution in [2.75, 3.05) is 25.0 Å². The van der Waals surface area contributed by atoms with Crippen molar-refractivity contribution in [1.82, 2.24) is 5.32 Å². The van der Waals surface area contributed by atoms with Gasteiger partial charge in [0.05, 0.1) is 5.71 Å². The Kier molecular flexibility index (Phi) is 4.39. The molecular formula is C14H19N3O2. The van der Waals surface area contributed by atoms with Crippen LogP contribution < -0.4 is 10.2 Å². The number of hydrogen-bond donors (Lipinski definition) is 2. The molecule has 2 N–H and O–H groups in total. The van der Waals surface area contributed by atoms with Gasteiger partial charge >= 0.3 is 0 Å². The average Bonchev–Trinajstić information content (AvgIpc) is 2.47. The van der Waals surface area contributed by atoms with Crippen molar-refractivity contribution in [3.63, 3.8) is 0 Å². The number of fused-ring (bicyclic) bond motifs is 1. The molecule has 5 heteroatoms. The van der Waals surface area contributed by atoms with Crippen molar-refractivity contribution in [3.8, 4) is 0 Å². The van der Waals surface area contributed by atoms with E-state index in [-0.39, 0.29) is 5.91 Å². The molecule has 1 heterocycles. The number of amides is 1. The minimum Gasteiger partial charge on any atom is -0.411 e. The van der Waals surface area contributed by atoms with Gasteiger partial charge in [-0.1, -0.05) is 23.4 Å². The maximum absolute atomic E-state index is 11.2. The van der Waals surface area contributed by atoms with E-state index in [1.54, 1.807) is 7.05 Å². The molecule has 2 rings (SSSR count). The summed E-state index contributed by atoms with van der Waals surface area (Å²) >= 11 is 0. The Bertz CT molecular complexity index is 485. The van der Waals surface area contributed by atoms with Crippen molar-refractivity contribution in [2.45, 2.75) is 19.3 Å². The molecule has 0 saturated heterocycles. The van der Waals surface area contributed by atoms with Crippen molar-refractivity contribution in [3.05, 3.63) is 29.8 Å². The van der Waals surface area contributed by atoms with Crippen LogP contribution in [-0.2, 0) is 4.79 Å². The molecule has 102 valence electrons. The molecule has 0 aliphatic carbocycles. The van der Waals surface area contributed by atoms with Crippen LogP contribution in [0, 0.1) is 0 Å². The Morgan fingerprint density at radius 1 is 1.47 bits per heavy atom. The van der Waals surface area contributed by atoms with Crippen LogP contribution in [-0.4, -0.2) is 37.0 Å². The largest absolute Gasteiger partial charge is 0.411 e. The number of anilines is 1. The van der Waals surface area contributed by atoms with Gasteiger partial charge in [-0.2, -0.15) is 0 Å². The highest BCUT2D eigenvalue weighted by molar-refractivity contribution is 6.06. The van der Waals surface area contributed by atoms with Gasteiger partial charge in [-0.05, 0) is 12.5 Å². The van der Waals surface area contributed by atoms with Crippen LogP contribution in [0.4, 0.5) is 5.69 Å². The summed E-state index contributed by atoms with van der Waals surface area (Å²) in [6.07, 6.45) is 2.09. The van der Waals surface area contributed by atoms with Gasteiger partial charge in [-0.15, -0.1) is 0 Å². The number of oxime groups is 1. The van der Waals surface area contributed by atoms with Crippen LogP contribution in [0.3, 0.4) is 0 Å². The van der Waals surface area contributed by atoms with Crippen LogP contribution in [0.15, 0.2) is 29.4 Å². The lowest BCUT2D eigenvalue weighted by Gasteiger charge is -2.31. The van der Waals surface area contributed by atoms with Crippen molar-refractivity contribution >= 4 is 17.3 Å². The van der Waals surface area contributed by atoms with Crippen molar-refractivity contribution in [1.29, 1.82) is 0 Å². The van der Waals surface area contributed by atoms with Gasteiger partial charge in [0, 0.05) is 44.2 Å². The topological polar surface area (TPSA) is 64.9 Å². The zero-order valence-corrected chi connectivity index (χ0v) is 11.1. The molecule has 0 aromatic heterocycles. The minimum absolute atomic E-state index is 0.0721. The van der Waals surface area contributed by atoms with E-state index in [1.165, 1.54) is 0 Å². The standard InChI is InChI=1S/C14H19N3O2/c1-15-14(18)7-4-9-17-10-8-12(16-19)11-5-2-3-6-13(11)17/h2-3,5-6,19H,4,7-10H2,1H3,(H,15,18). The second-order valence-corrected chi connectivity index (χ2v) is 4.58. The first-order valence-electron chi connectivity index (χ1n) is 6.52. The van der Waals surface area contributed by atoms with E-state index < -0.39 is 0 Å². The molecule has 1 aromatic rings. The Balaban J connectivity index is 2.06. The monoisotopic (exact) mass is 261 g/mol. The second kappa shape index (κ2) is 6.22. The summed E-state index contributed by atoms with van der Waals surface area (Å²) in [7, 11) is 1.66. The molecule has 1 aliphatic heterocycles. The predicted octanol–water partition coefficient (Wildman–Crippen LogP) is 1.60. The number of rotatable bonds is 4. The maximum Gasteiger partial charge on any atom is 0.219 e. The highest BCUT2D eigenvalue weighted by Gasteiger charge is 2.21. The van der Waals surface area contributed by atoms with E-state index in [1.807, 2.05) is 24.3 Å². The molecule has 19 heavy (non-hydrogen) atoms. The molecule has 1 aromatic carbocycles. The van der Waals surface area contributed by atoms with Crippen molar-refractivity contribution < 1.29 is 10.0 Å². The van der Waals surface area contributed by atoms with E-state index in [2.05, 4.69) is 15.4 Å². The van der Waals surface area contributed by atoms with Crippen LogP contribution in [0.25, 0.3) is 0 Å². The molecule has 1 aliphatic rings. The third-order valence-corrected chi connectivity index (χ3v) is 3.41. The van der Waals surface area contributed by atoms with Crippen LogP contribution in [0.1, 0.15) is 24.8 Å². The average molecular weight is 261 g/mol. The van der Waals surface area contributed by atoms with E-state index in [4.69, 9.17) is 5.21 Å². The molecule has 1 amide bonds. The van der Waals surface area contributed by atoms with Crippen LogP contribution >= 0.6 is 0 Å². The molecule has 0 bridgehead atoms. The normalized spacial score (nSPS) is 16.3. The van der Waals surface area contributed by atoms with Gasteiger partial charge in [-0.3, -0.25) is 4.79 Å². The van der Waals surface area contributed by atoms with Crippen LogP contribution in [0.2, 0.25) is 0 Å². The summed E-state index contributed by atoms with van der Waals surface area (Å²) in [5, 5.41) is 15.0. The maximum atomic E-state index is 11.2. The molecule has 0 unspecified atom stereocenters. The molecule has 0 radical (unpaired) electrons. The number of nitrogens with zero attached hydrogens (tertiary/aromatic N) is 2. The summed E-state index contributed by atoms with van der Waals surface area (Å²) in [5.41, 5.74) is 2.80. The van der Waals surface area contributed by atoms with Gasteiger partial charge in [0.2, 0.25) is 5.91 Å². The van der Waals surface area contributed by atoms with Gasteiger partial charge in [0.25, 0.3) is 0 Å². The quantitative estimate of drug-likeness (QED) is 0.639. The Labute approximate surface area is 112 Å². The molecule has 0 spiro atoms. The first kappa shape index (κ1) is 13.4.